The third-order valence-electron chi connectivity index (χ3n) is 4.13. The molecule has 2 aromatic carbocycles. The normalized spacial score (nSPS) is 10.5. The molecule has 0 aliphatic rings. The van der Waals surface area contributed by atoms with Gasteiger partial charge in [0.15, 0.2) is 0 Å². The molecular formula is C22H29N3O3. The van der Waals surface area contributed by atoms with Crippen LogP contribution in [0.2, 0.25) is 0 Å². The standard InChI is InChI=1S/C22H29N3O3/c1-5-25(6-2)22(27)17-10-12-18(13-11-17)24-21(26)15-23-19-8-7-9-20(14-19)28-16(3)4/h7-14,16,23H,5-6,15H2,1-4H3,(H,24,26). The quantitative estimate of drug-likeness (QED) is 0.686. The molecule has 0 radical (unpaired) electrons. The molecule has 0 spiro atoms. The van der Waals surface area contributed by atoms with Crippen molar-refractivity contribution in [2.24, 2.45) is 0 Å². The fourth-order valence-electron chi connectivity index (χ4n) is 2.73. The van der Waals surface area contributed by atoms with Crippen LogP contribution in [0.3, 0.4) is 0 Å². The van der Waals surface area contributed by atoms with Gasteiger partial charge >= 0.3 is 0 Å². The predicted octanol–water partition coefficient (Wildman–Crippen LogP) is 4.01. The molecule has 0 saturated heterocycles. The van der Waals surface area contributed by atoms with Crippen molar-refractivity contribution < 1.29 is 14.3 Å². The van der Waals surface area contributed by atoms with Crippen LogP contribution in [-0.2, 0) is 4.79 Å². The SMILES string of the molecule is CCN(CC)C(=O)c1ccc(NC(=O)CNc2cccc(OC(C)C)c2)cc1. The Balaban J connectivity index is 1.89. The average molecular weight is 383 g/mol. The van der Waals surface area contributed by atoms with Crippen molar-refractivity contribution in [2.45, 2.75) is 33.8 Å². The zero-order valence-electron chi connectivity index (χ0n) is 17.0. The lowest BCUT2D eigenvalue weighted by molar-refractivity contribution is -0.114. The number of carbonyl (C=O) groups excluding carboxylic acids is 2. The molecule has 0 fully saturated rings. The monoisotopic (exact) mass is 383 g/mol. The number of amides is 2. The molecule has 150 valence electrons. The maximum absolute atomic E-state index is 12.3. The zero-order valence-corrected chi connectivity index (χ0v) is 17.0. The van der Waals surface area contributed by atoms with Gasteiger partial charge in [0, 0.05) is 36.1 Å². The maximum Gasteiger partial charge on any atom is 0.253 e. The highest BCUT2D eigenvalue weighted by Crippen LogP contribution is 2.18. The number of hydrogen-bond acceptors (Lipinski definition) is 4. The van der Waals surface area contributed by atoms with E-state index in [4.69, 9.17) is 4.74 Å². The Morgan fingerprint density at radius 3 is 2.29 bits per heavy atom. The van der Waals surface area contributed by atoms with Crippen LogP contribution >= 0.6 is 0 Å². The van der Waals surface area contributed by atoms with Gasteiger partial charge in [0.05, 0.1) is 12.6 Å². The first-order chi connectivity index (χ1) is 13.4. The minimum absolute atomic E-state index is 0.00644. The molecule has 0 aliphatic carbocycles. The molecule has 6 nitrogen and oxygen atoms in total. The molecule has 0 heterocycles. The number of hydrogen-bond donors (Lipinski definition) is 2. The van der Waals surface area contributed by atoms with E-state index in [9.17, 15) is 9.59 Å². The van der Waals surface area contributed by atoms with E-state index in [0.717, 1.165) is 11.4 Å². The third kappa shape index (κ3) is 6.30. The molecule has 2 N–H and O–H groups in total. The number of rotatable bonds is 9. The lowest BCUT2D eigenvalue weighted by Crippen LogP contribution is -2.30. The smallest absolute Gasteiger partial charge is 0.253 e. The molecule has 0 saturated carbocycles. The number of anilines is 2. The van der Waals surface area contributed by atoms with Crippen LogP contribution in [0.15, 0.2) is 48.5 Å². The van der Waals surface area contributed by atoms with Gasteiger partial charge in [-0.05, 0) is 64.1 Å². The number of nitrogens with one attached hydrogen (secondary N) is 2. The van der Waals surface area contributed by atoms with E-state index < -0.39 is 0 Å². The van der Waals surface area contributed by atoms with Crippen LogP contribution in [0.5, 0.6) is 5.75 Å². The van der Waals surface area contributed by atoms with Gasteiger partial charge in [-0.2, -0.15) is 0 Å². The highest BCUT2D eigenvalue weighted by molar-refractivity contribution is 5.96. The molecular weight excluding hydrogens is 354 g/mol. The predicted molar refractivity (Wildman–Crippen MR) is 113 cm³/mol. The summed E-state index contributed by atoms with van der Waals surface area (Å²) in [5.74, 6) is 0.583. The van der Waals surface area contributed by atoms with E-state index in [1.165, 1.54) is 0 Å². The van der Waals surface area contributed by atoms with Crippen LogP contribution in [-0.4, -0.2) is 42.5 Å². The number of benzene rings is 2. The molecule has 28 heavy (non-hydrogen) atoms. The lowest BCUT2D eigenvalue weighted by Gasteiger charge is -2.18. The molecule has 0 aromatic heterocycles. The van der Waals surface area contributed by atoms with Gasteiger partial charge in [-0.25, -0.2) is 0 Å². The van der Waals surface area contributed by atoms with Crippen LogP contribution in [0, 0.1) is 0 Å². The summed E-state index contributed by atoms with van der Waals surface area (Å²) < 4.78 is 5.65. The summed E-state index contributed by atoms with van der Waals surface area (Å²) in [5, 5.41) is 5.91. The first-order valence-electron chi connectivity index (χ1n) is 9.62. The van der Waals surface area contributed by atoms with Gasteiger partial charge in [-0.3, -0.25) is 9.59 Å². The largest absolute Gasteiger partial charge is 0.491 e. The van der Waals surface area contributed by atoms with Crippen LogP contribution in [0.1, 0.15) is 38.1 Å². The van der Waals surface area contributed by atoms with E-state index >= 15 is 0 Å². The summed E-state index contributed by atoms with van der Waals surface area (Å²) in [7, 11) is 0. The Kier molecular flexibility index (Phi) is 7.87. The van der Waals surface area contributed by atoms with E-state index in [1.54, 1.807) is 29.2 Å². The minimum atomic E-state index is -0.169. The molecule has 6 heteroatoms. The average Bonchev–Trinajstić information content (AvgIpc) is 2.67. The van der Waals surface area contributed by atoms with Crippen LogP contribution < -0.4 is 15.4 Å². The molecule has 2 aromatic rings. The first-order valence-corrected chi connectivity index (χ1v) is 9.62. The van der Waals surface area contributed by atoms with Crippen molar-refractivity contribution in [1.29, 1.82) is 0 Å². The lowest BCUT2D eigenvalue weighted by atomic mass is 10.1. The summed E-state index contributed by atoms with van der Waals surface area (Å²) >= 11 is 0. The van der Waals surface area contributed by atoms with Crippen molar-refractivity contribution in [3.05, 3.63) is 54.1 Å². The Morgan fingerprint density at radius 2 is 1.68 bits per heavy atom. The number of nitrogens with zero attached hydrogens (tertiary/aromatic N) is 1. The summed E-state index contributed by atoms with van der Waals surface area (Å²) in [6.45, 7) is 9.31. The highest BCUT2D eigenvalue weighted by Gasteiger charge is 2.12. The topological polar surface area (TPSA) is 70.7 Å². The summed E-state index contributed by atoms with van der Waals surface area (Å²) in [6.07, 6.45) is 0.0927. The summed E-state index contributed by atoms with van der Waals surface area (Å²) in [6, 6.07) is 14.5. The summed E-state index contributed by atoms with van der Waals surface area (Å²) in [4.78, 5) is 26.3. The van der Waals surface area contributed by atoms with E-state index in [-0.39, 0.29) is 24.5 Å². The Hall–Kier alpha value is -3.02. The van der Waals surface area contributed by atoms with Gasteiger partial charge in [0.1, 0.15) is 5.75 Å². The van der Waals surface area contributed by atoms with E-state index in [2.05, 4.69) is 10.6 Å². The van der Waals surface area contributed by atoms with E-state index in [1.807, 2.05) is 52.0 Å². The second-order valence-electron chi connectivity index (χ2n) is 6.65. The maximum atomic E-state index is 12.3. The van der Waals surface area contributed by atoms with Gasteiger partial charge in [0.2, 0.25) is 5.91 Å². The van der Waals surface area contributed by atoms with Crippen LogP contribution in [0.25, 0.3) is 0 Å². The molecule has 0 aliphatic heterocycles. The van der Waals surface area contributed by atoms with Gasteiger partial charge < -0.3 is 20.3 Å². The van der Waals surface area contributed by atoms with Crippen LogP contribution in [0.4, 0.5) is 11.4 Å². The third-order valence-corrected chi connectivity index (χ3v) is 4.13. The molecule has 0 unspecified atom stereocenters. The molecule has 0 atom stereocenters. The van der Waals surface area contributed by atoms with Crippen molar-refractivity contribution in [3.63, 3.8) is 0 Å². The van der Waals surface area contributed by atoms with Gasteiger partial charge in [-0.1, -0.05) is 6.07 Å². The fourth-order valence-corrected chi connectivity index (χ4v) is 2.73. The summed E-state index contributed by atoms with van der Waals surface area (Å²) in [5.41, 5.74) is 2.08. The Bertz CT molecular complexity index is 784. The Labute approximate surface area is 166 Å². The van der Waals surface area contributed by atoms with Crippen molar-refractivity contribution in [2.75, 3.05) is 30.3 Å². The second kappa shape index (κ2) is 10.3. The molecule has 2 rings (SSSR count). The second-order valence-corrected chi connectivity index (χ2v) is 6.65. The van der Waals surface area contributed by atoms with Crippen molar-refractivity contribution >= 4 is 23.2 Å². The van der Waals surface area contributed by atoms with Gasteiger partial charge in [-0.15, -0.1) is 0 Å². The zero-order chi connectivity index (χ0) is 20.5. The molecule has 0 bridgehead atoms. The molecule has 2 amide bonds. The fraction of sp³-hybridized carbons (Fsp3) is 0.364. The van der Waals surface area contributed by atoms with Gasteiger partial charge in [0.25, 0.3) is 5.91 Å². The van der Waals surface area contributed by atoms with Crippen molar-refractivity contribution in [1.82, 2.24) is 4.90 Å². The highest BCUT2D eigenvalue weighted by atomic mass is 16.5. The Morgan fingerprint density at radius 1 is 1.00 bits per heavy atom. The number of carbonyl (C=O) groups is 2. The first kappa shape index (κ1) is 21.3. The minimum Gasteiger partial charge on any atom is -0.491 e. The van der Waals surface area contributed by atoms with Crippen molar-refractivity contribution in [3.8, 4) is 5.75 Å². The van der Waals surface area contributed by atoms with E-state index in [0.29, 0.717) is 24.3 Å². The number of ether oxygens (including phenoxy) is 1.